The molecule has 1 saturated heterocycles. The normalized spacial score (nSPS) is 24.2. The summed E-state index contributed by atoms with van der Waals surface area (Å²) in [5, 5.41) is 21.2. The van der Waals surface area contributed by atoms with E-state index in [0.717, 1.165) is 4.90 Å². The second kappa shape index (κ2) is 11.3. The minimum Gasteiger partial charge on any atom is -0.453 e. The average Bonchev–Trinajstić information content (AvgIpc) is 2.89. The van der Waals surface area contributed by atoms with Gasteiger partial charge in [-0.3, -0.25) is 0 Å². The number of thioether (sulfide) groups is 1. The molecule has 0 spiro atoms. The lowest BCUT2D eigenvalue weighted by Gasteiger charge is -2.42. The molecule has 0 saturated carbocycles. The van der Waals surface area contributed by atoms with E-state index < -0.39 is 48.4 Å². The number of aliphatic hydroxyl groups excluding tert-OH is 2. The Hall–Kier alpha value is -3.17. The fraction of sp³-hybridized carbons (Fsp3) is 0.231. The van der Waals surface area contributed by atoms with Crippen LogP contribution in [-0.4, -0.2) is 58.6 Å². The zero-order valence-corrected chi connectivity index (χ0v) is 18.9. The van der Waals surface area contributed by atoms with Gasteiger partial charge in [-0.2, -0.15) is 0 Å². The van der Waals surface area contributed by atoms with Crippen molar-refractivity contribution in [3.63, 3.8) is 0 Å². The van der Waals surface area contributed by atoms with E-state index in [2.05, 4.69) is 0 Å². The molecule has 1 aliphatic heterocycles. The molecule has 7 nitrogen and oxygen atoms in total. The van der Waals surface area contributed by atoms with E-state index in [1.165, 1.54) is 11.8 Å². The van der Waals surface area contributed by atoms with Crippen LogP contribution in [0.5, 0.6) is 0 Å². The minimum atomic E-state index is -1.44. The lowest BCUT2D eigenvalue weighted by atomic mass is 9.99. The highest BCUT2D eigenvalue weighted by Crippen LogP contribution is 2.36. The molecule has 0 aromatic heterocycles. The van der Waals surface area contributed by atoms with Crippen molar-refractivity contribution in [1.82, 2.24) is 0 Å². The summed E-state index contributed by atoms with van der Waals surface area (Å²) in [4.78, 5) is 26.3. The third-order valence-corrected chi connectivity index (χ3v) is 6.45. The van der Waals surface area contributed by atoms with Crippen molar-refractivity contribution in [2.75, 3.05) is 6.61 Å². The van der Waals surface area contributed by atoms with Gasteiger partial charge in [0.25, 0.3) is 0 Å². The number of carbonyl (C=O) groups excluding carboxylic acids is 2. The molecule has 5 atom stereocenters. The first-order valence-electron chi connectivity index (χ1n) is 10.7. The molecule has 0 unspecified atom stereocenters. The Morgan fingerprint density at radius 3 is 1.74 bits per heavy atom. The highest BCUT2D eigenvalue weighted by atomic mass is 32.2. The molecule has 0 bridgehead atoms. The van der Waals surface area contributed by atoms with E-state index in [1.807, 2.05) is 30.3 Å². The van der Waals surface area contributed by atoms with Crippen molar-refractivity contribution in [3.05, 3.63) is 102 Å². The largest absolute Gasteiger partial charge is 0.453 e. The molecule has 1 fully saturated rings. The first-order valence-corrected chi connectivity index (χ1v) is 11.6. The topological polar surface area (TPSA) is 102 Å². The lowest BCUT2D eigenvalue weighted by molar-refractivity contribution is -0.206. The molecule has 0 aliphatic carbocycles. The van der Waals surface area contributed by atoms with Gasteiger partial charge in [0.15, 0.2) is 12.2 Å². The molecule has 2 N–H and O–H groups in total. The number of aliphatic hydroxyl groups is 2. The minimum absolute atomic E-state index is 0.282. The first kappa shape index (κ1) is 24.0. The van der Waals surface area contributed by atoms with Crippen LogP contribution in [0.3, 0.4) is 0 Å². The van der Waals surface area contributed by atoms with Gasteiger partial charge in [0.1, 0.15) is 17.6 Å². The van der Waals surface area contributed by atoms with Gasteiger partial charge in [0.05, 0.1) is 17.7 Å². The molecule has 3 aromatic rings. The molecule has 3 aromatic carbocycles. The lowest BCUT2D eigenvalue weighted by Crippen LogP contribution is -2.60. The summed E-state index contributed by atoms with van der Waals surface area (Å²) in [7, 11) is 0. The summed E-state index contributed by atoms with van der Waals surface area (Å²) in [5.41, 5.74) is -0.265. The Morgan fingerprint density at radius 1 is 0.765 bits per heavy atom. The van der Waals surface area contributed by atoms with Crippen LogP contribution >= 0.6 is 11.8 Å². The third kappa shape index (κ3) is 5.66. The van der Waals surface area contributed by atoms with Crippen molar-refractivity contribution >= 4 is 23.7 Å². The number of ether oxygens (including phenoxy) is 3. The van der Waals surface area contributed by atoms with Gasteiger partial charge in [0.2, 0.25) is 0 Å². The zero-order chi connectivity index (χ0) is 23.9. The standard InChI is InChI=1S/C26H24O7S/c27-16-20-22(32-24(29)17-10-4-1-5-11-17)21(28)23(33-25(30)18-12-6-2-7-13-18)26(31-20)34-19-14-8-3-9-15-19/h1-15,20-23,26-28H,16H2/t20-,21+,22+,23-,26+/m1/s1. The van der Waals surface area contributed by atoms with Crippen molar-refractivity contribution < 1.29 is 34.0 Å². The fourth-order valence-electron chi connectivity index (χ4n) is 3.57. The van der Waals surface area contributed by atoms with E-state index in [-0.39, 0.29) is 5.56 Å². The van der Waals surface area contributed by atoms with Gasteiger partial charge in [-0.05, 0) is 36.4 Å². The monoisotopic (exact) mass is 480 g/mol. The summed E-state index contributed by atoms with van der Waals surface area (Å²) >= 11 is 1.24. The van der Waals surface area contributed by atoms with Gasteiger partial charge in [-0.25, -0.2) is 9.59 Å². The van der Waals surface area contributed by atoms with Crippen molar-refractivity contribution in [1.29, 1.82) is 0 Å². The average molecular weight is 481 g/mol. The molecular weight excluding hydrogens is 456 g/mol. The molecule has 1 aliphatic rings. The molecule has 176 valence electrons. The Bertz CT molecular complexity index is 1080. The first-order chi connectivity index (χ1) is 16.6. The van der Waals surface area contributed by atoms with E-state index in [9.17, 15) is 19.8 Å². The van der Waals surface area contributed by atoms with Gasteiger partial charge in [0, 0.05) is 4.90 Å². The number of esters is 2. The van der Waals surface area contributed by atoms with Crippen LogP contribution < -0.4 is 0 Å². The molecule has 0 radical (unpaired) electrons. The maximum atomic E-state index is 12.8. The second-order valence-electron chi connectivity index (χ2n) is 7.62. The highest BCUT2D eigenvalue weighted by Gasteiger charge is 2.49. The zero-order valence-electron chi connectivity index (χ0n) is 18.1. The van der Waals surface area contributed by atoms with E-state index in [4.69, 9.17) is 14.2 Å². The highest BCUT2D eigenvalue weighted by molar-refractivity contribution is 7.99. The fourth-order valence-corrected chi connectivity index (χ4v) is 4.70. The van der Waals surface area contributed by atoms with Crippen LogP contribution in [0.25, 0.3) is 0 Å². The van der Waals surface area contributed by atoms with E-state index >= 15 is 0 Å². The van der Waals surface area contributed by atoms with Crippen LogP contribution in [0.15, 0.2) is 95.9 Å². The predicted molar refractivity (Wildman–Crippen MR) is 125 cm³/mol. The van der Waals surface area contributed by atoms with Gasteiger partial charge < -0.3 is 24.4 Å². The van der Waals surface area contributed by atoms with Crippen LogP contribution in [0.2, 0.25) is 0 Å². The maximum Gasteiger partial charge on any atom is 0.338 e. The molecule has 1 heterocycles. The van der Waals surface area contributed by atoms with E-state index in [0.29, 0.717) is 5.56 Å². The van der Waals surface area contributed by atoms with Gasteiger partial charge in [-0.15, -0.1) is 0 Å². The summed E-state index contributed by atoms with van der Waals surface area (Å²) < 4.78 is 17.2. The molecule has 4 rings (SSSR count). The number of rotatable bonds is 7. The smallest absolute Gasteiger partial charge is 0.338 e. The molecule has 0 amide bonds. The van der Waals surface area contributed by atoms with Crippen LogP contribution in [0.1, 0.15) is 20.7 Å². The van der Waals surface area contributed by atoms with Crippen molar-refractivity contribution in [2.45, 2.75) is 34.7 Å². The number of benzene rings is 3. The molecule has 34 heavy (non-hydrogen) atoms. The molecule has 8 heteroatoms. The summed E-state index contributed by atoms with van der Waals surface area (Å²) in [5.74, 6) is -1.34. The Morgan fingerprint density at radius 2 is 1.24 bits per heavy atom. The number of carbonyl (C=O) groups is 2. The predicted octanol–water partition coefficient (Wildman–Crippen LogP) is 3.31. The van der Waals surface area contributed by atoms with E-state index in [1.54, 1.807) is 60.7 Å². The summed E-state index contributed by atoms with van der Waals surface area (Å²) in [6.45, 7) is -0.505. The van der Waals surface area contributed by atoms with Gasteiger partial charge >= 0.3 is 11.9 Å². The quantitative estimate of drug-likeness (QED) is 0.497. The number of hydrogen-bond acceptors (Lipinski definition) is 8. The molecular formula is C26H24O7S. The van der Waals surface area contributed by atoms with Crippen molar-refractivity contribution in [3.8, 4) is 0 Å². The van der Waals surface area contributed by atoms with Crippen molar-refractivity contribution in [2.24, 2.45) is 0 Å². The summed E-state index contributed by atoms with van der Waals surface area (Å²) in [6, 6.07) is 25.9. The Balaban J connectivity index is 1.59. The van der Waals surface area contributed by atoms with Crippen LogP contribution in [-0.2, 0) is 14.2 Å². The van der Waals surface area contributed by atoms with Crippen LogP contribution in [0.4, 0.5) is 0 Å². The number of hydrogen-bond donors (Lipinski definition) is 2. The Kier molecular flexibility index (Phi) is 7.97. The SMILES string of the molecule is O=C(O[C@@H]1[C@H](O)[C@@H](OC(=O)c2ccccc2)[C@H](Sc2ccccc2)O[C@@H]1CO)c1ccccc1. The van der Waals surface area contributed by atoms with Gasteiger partial charge in [-0.1, -0.05) is 66.4 Å². The third-order valence-electron chi connectivity index (χ3n) is 5.30. The second-order valence-corrected chi connectivity index (χ2v) is 8.79. The maximum absolute atomic E-state index is 12.8. The van der Waals surface area contributed by atoms with Crippen LogP contribution in [0, 0.1) is 0 Å². The summed E-state index contributed by atoms with van der Waals surface area (Å²) in [6.07, 6.45) is -4.88. The Labute approximate surface area is 201 Å².